The average Bonchev–Trinajstić information content (AvgIpc) is 2.71. The summed E-state index contributed by atoms with van der Waals surface area (Å²) in [7, 11) is 1.72. The van der Waals surface area contributed by atoms with Gasteiger partial charge in [-0.05, 0) is 49.2 Å². The van der Waals surface area contributed by atoms with E-state index in [2.05, 4.69) is 20.6 Å². The Labute approximate surface area is 165 Å². The molecule has 0 aliphatic heterocycles. The maximum Gasteiger partial charge on any atom is 0.195 e. The van der Waals surface area contributed by atoms with Crippen molar-refractivity contribution in [3.8, 4) is 11.8 Å². The smallest absolute Gasteiger partial charge is 0.195 e. The van der Waals surface area contributed by atoms with Gasteiger partial charge in [-0.25, -0.2) is 4.98 Å². The Kier molecular flexibility index (Phi) is 8.94. The van der Waals surface area contributed by atoms with Crippen LogP contribution in [-0.4, -0.2) is 31.1 Å². The van der Waals surface area contributed by atoms with Gasteiger partial charge >= 0.3 is 0 Å². The first-order chi connectivity index (χ1) is 13.2. The second-order valence-corrected chi connectivity index (χ2v) is 6.32. The van der Waals surface area contributed by atoms with E-state index in [1.165, 1.54) is 0 Å². The van der Waals surface area contributed by atoms with Crippen LogP contribution >= 0.6 is 11.6 Å². The maximum atomic E-state index is 8.76. The van der Waals surface area contributed by atoms with Crippen molar-refractivity contribution in [2.45, 2.75) is 25.7 Å². The first-order valence-electron chi connectivity index (χ1n) is 8.93. The molecule has 0 unspecified atom stereocenters. The van der Waals surface area contributed by atoms with E-state index in [1.54, 1.807) is 25.4 Å². The number of nitrogens with one attached hydrogen (secondary N) is 2. The summed E-state index contributed by atoms with van der Waals surface area (Å²) in [5.41, 5.74) is 1.19. The summed E-state index contributed by atoms with van der Waals surface area (Å²) in [4.78, 5) is 8.21. The lowest BCUT2D eigenvalue weighted by Crippen LogP contribution is -2.31. The molecule has 0 aliphatic carbocycles. The second-order valence-electron chi connectivity index (χ2n) is 5.88. The van der Waals surface area contributed by atoms with Crippen LogP contribution in [0.25, 0.3) is 0 Å². The lowest BCUT2D eigenvalue weighted by molar-refractivity contribution is 0.304. The molecule has 6 nitrogen and oxygen atoms in total. The average molecular weight is 386 g/mol. The topological polar surface area (TPSA) is 82.3 Å². The SMILES string of the molecule is CN=C(NCCCCCCOc1ccc(Cl)cc1)Nc1ccc(C#N)nc1. The van der Waals surface area contributed by atoms with Gasteiger partial charge in [-0.2, -0.15) is 5.26 Å². The Hall–Kier alpha value is -2.78. The molecule has 142 valence electrons. The van der Waals surface area contributed by atoms with E-state index in [4.69, 9.17) is 21.6 Å². The minimum absolute atomic E-state index is 0.392. The molecular formula is C20H24ClN5O. The van der Waals surface area contributed by atoms with Gasteiger partial charge in [0.25, 0.3) is 0 Å². The van der Waals surface area contributed by atoms with Gasteiger partial charge < -0.3 is 15.4 Å². The van der Waals surface area contributed by atoms with Crippen LogP contribution in [0.15, 0.2) is 47.6 Å². The Bertz CT molecular complexity index is 753. The van der Waals surface area contributed by atoms with Gasteiger partial charge in [0.15, 0.2) is 5.96 Å². The highest BCUT2D eigenvalue weighted by atomic mass is 35.5. The fourth-order valence-electron chi connectivity index (χ4n) is 2.36. The molecule has 2 aromatic rings. The number of unbranched alkanes of at least 4 members (excludes halogenated alkanes) is 3. The third-order valence-corrected chi connectivity index (χ3v) is 4.06. The number of ether oxygens (including phenoxy) is 1. The van der Waals surface area contributed by atoms with E-state index in [1.807, 2.05) is 30.3 Å². The molecule has 0 saturated carbocycles. The van der Waals surface area contributed by atoms with E-state index in [0.717, 1.165) is 48.7 Å². The fraction of sp³-hybridized carbons (Fsp3) is 0.350. The number of pyridine rings is 1. The van der Waals surface area contributed by atoms with Crippen molar-refractivity contribution in [3.63, 3.8) is 0 Å². The highest BCUT2D eigenvalue weighted by Crippen LogP contribution is 2.15. The summed E-state index contributed by atoms with van der Waals surface area (Å²) in [6, 6.07) is 12.9. The van der Waals surface area contributed by atoms with Crippen molar-refractivity contribution in [1.82, 2.24) is 10.3 Å². The first-order valence-corrected chi connectivity index (χ1v) is 9.31. The third-order valence-electron chi connectivity index (χ3n) is 3.81. The Morgan fingerprint density at radius 1 is 1.15 bits per heavy atom. The molecule has 1 aromatic heterocycles. The molecule has 0 atom stereocenters. The van der Waals surface area contributed by atoms with E-state index in [-0.39, 0.29) is 0 Å². The molecule has 27 heavy (non-hydrogen) atoms. The third kappa shape index (κ3) is 7.97. The predicted octanol–water partition coefficient (Wildman–Crippen LogP) is 4.23. The number of hydrogen-bond acceptors (Lipinski definition) is 4. The second kappa shape index (κ2) is 11.8. The van der Waals surface area contributed by atoms with Gasteiger partial charge in [0, 0.05) is 18.6 Å². The normalized spacial score (nSPS) is 10.9. The van der Waals surface area contributed by atoms with E-state index in [0.29, 0.717) is 18.3 Å². The molecule has 0 saturated heterocycles. The summed E-state index contributed by atoms with van der Waals surface area (Å²) in [5, 5.41) is 15.9. The minimum Gasteiger partial charge on any atom is -0.494 e. The molecule has 1 heterocycles. The number of aliphatic imine (C=N–C) groups is 1. The van der Waals surface area contributed by atoms with Crippen LogP contribution in [0, 0.1) is 11.3 Å². The van der Waals surface area contributed by atoms with Crippen LogP contribution < -0.4 is 15.4 Å². The number of rotatable bonds is 9. The zero-order chi connectivity index (χ0) is 19.3. The van der Waals surface area contributed by atoms with E-state index < -0.39 is 0 Å². The zero-order valence-corrected chi connectivity index (χ0v) is 16.2. The standard InChI is InChI=1S/C20H24ClN5O/c1-23-20(26-18-9-8-17(14-22)25-15-18)24-12-4-2-3-5-13-27-19-10-6-16(21)7-11-19/h6-11,15H,2-5,12-13H2,1H3,(H2,23,24,26). The number of nitrogens with zero attached hydrogens (tertiary/aromatic N) is 3. The predicted molar refractivity (Wildman–Crippen MR) is 109 cm³/mol. The summed E-state index contributed by atoms with van der Waals surface area (Å²) < 4.78 is 5.68. The molecule has 1 aromatic carbocycles. The molecule has 0 fully saturated rings. The lowest BCUT2D eigenvalue weighted by Gasteiger charge is -2.11. The Morgan fingerprint density at radius 3 is 2.59 bits per heavy atom. The highest BCUT2D eigenvalue weighted by Gasteiger charge is 2.00. The summed E-state index contributed by atoms with van der Waals surface area (Å²) in [6.07, 6.45) is 5.92. The fourth-order valence-corrected chi connectivity index (χ4v) is 2.48. The van der Waals surface area contributed by atoms with Gasteiger partial charge in [0.1, 0.15) is 17.5 Å². The number of halogens is 1. The number of benzene rings is 1. The van der Waals surface area contributed by atoms with Crippen molar-refractivity contribution < 1.29 is 4.74 Å². The molecule has 2 rings (SSSR count). The van der Waals surface area contributed by atoms with Crippen LogP contribution in [0.2, 0.25) is 5.02 Å². The van der Waals surface area contributed by atoms with Gasteiger partial charge in [0.2, 0.25) is 0 Å². The molecule has 0 aliphatic rings. The lowest BCUT2D eigenvalue weighted by atomic mass is 10.2. The monoisotopic (exact) mass is 385 g/mol. The Morgan fingerprint density at radius 2 is 1.93 bits per heavy atom. The van der Waals surface area contributed by atoms with Crippen molar-refractivity contribution in [2.75, 3.05) is 25.5 Å². The summed E-state index contributed by atoms with van der Waals surface area (Å²) >= 11 is 5.85. The van der Waals surface area contributed by atoms with Crippen molar-refractivity contribution >= 4 is 23.2 Å². The number of anilines is 1. The minimum atomic E-state index is 0.392. The molecule has 7 heteroatoms. The molecule has 0 spiro atoms. The van der Waals surface area contributed by atoms with Crippen LogP contribution in [0.5, 0.6) is 5.75 Å². The highest BCUT2D eigenvalue weighted by molar-refractivity contribution is 6.30. The van der Waals surface area contributed by atoms with Gasteiger partial charge in [0.05, 0.1) is 18.5 Å². The quantitative estimate of drug-likeness (QED) is 0.383. The number of nitriles is 1. The molecule has 2 N–H and O–H groups in total. The van der Waals surface area contributed by atoms with Gasteiger partial charge in [-0.1, -0.05) is 24.4 Å². The van der Waals surface area contributed by atoms with Crippen molar-refractivity contribution in [3.05, 3.63) is 53.3 Å². The van der Waals surface area contributed by atoms with Crippen molar-refractivity contribution in [1.29, 1.82) is 5.26 Å². The largest absolute Gasteiger partial charge is 0.494 e. The van der Waals surface area contributed by atoms with E-state index in [9.17, 15) is 0 Å². The van der Waals surface area contributed by atoms with Crippen LogP contribution in [0.4, 0.5) is 5.69 Å². The molecule has 0 radical (unpaired) electrons. The Balaban J connectivity index is 1.54. The van der Waals surface area contributed by atoms with Crippen LogP contribution in [0.3, 0.4) is 0 Å². The first kappa shape index (κ1) is 20.5. The molecule has 0 amide bonds. The number of aromatic nitrogens is 1. The molecule has 0 bridgehead atoms. The van der Waals surface area contributed by atoms with Crippen molar-refractivity contribution in [2.24, 2.45) is 4.99 Å². The number of hydrogen-bond donors (Lipinski definition) is 2. The van der Waals surface area contributed by atoms with Crippen LogP contribution in [-0.2, 0) is 0 Å². The van der Waals surface area contributed by atoms with Gasteiger partial charge in [-0.3, -0.25) is 4.99 Å². The van der Waals surface area contributed by atoms with Crippen LogP contribution in [0.1, 0.15) is 31.4 Å². The summed E-state index contributed by atoms with van der Waals surface area (Å²) in [5.74, 6) is 1.54. The van der Waals surface area contributed by atoms with Gasteiger partial charge in [-0.15, -0.1) is 0 Å². The zero-order valence-electron chi connectivity index (χ0n) is 15.4. The summed E-state index contributed by atoms with van der Waals surface area (Å²) in [6.45, 7) is 1.55. The number of guanidine groups is 1. The molecular weight excluding hydrogens is 362 g/mol. The maximum absolute atomic E-state index is 8.76. The van der Waals surface area contributed by atoms with E-state index >= 15 is 0 Å².